The molecule has 4 nitrogen and oxygen atoms in total. The van der Waals surface area contributed by atoms with Crippen LogP contribution in [-0.2, 0) is 14.3 Å². The first kappa shape index (κ1) is 15.1. The topological polar surface area (TPSA) is 69.4 Å². The maximum absolute atomic E-state index is 11.4. The molecule has 0 radical (unpaired) electrons. The molecule has 94 valence electrons. The summed E-state index contributed by atoms with van der Waals surface area (Å²) in [5, 5.41) is 0. The second-order valence-corrected chi connectivity index (χ2v) is 4.09. The first-order valence-corrected chi connectivity index (χ1v) is 5.99. The summed E-state index contributed by atoms with van der Waals surface area (Å²) in [5.41, 5.74) is 5.71. The molecule has 0 unspecified atom stereocenters. The number of unbranched alkanes of at least 4 members (excludes halogenated alkanes) is 3. The fourth-order valence-electron chi connectivity index (χ4n) is 1.26. The molecule has 0 aliphatic carbocycles. The van der Waals surface area contributed by atoms with Gasteiger partial charge in [-0.3, -0.25) is 4.79 Å². The van der Waals surface area contributed by atoms with Crippen molar-refractivity contribution in [1.29, 1.82) is 0 Å². The fourth-order valence-corrected chi connectivity index (χ4v) is 1.26. The molecule has 0 saturated heterocycles. The Morgan fingerprint density at radius 3 is 2.62 bits per heavy atom. The molecule has 0 rings (SSSR count). The lowest BCUT2D eigenvalue weighted by molar-refractivity contribution is -0.146. The van der Waals surface area contributed by atoms with E-state index in [0.717, 1.165) is 32.0 Å². The van der Waals surface area contributed by atoms with E-state index in [2.05, 4.69) is 0 Å². The van der Waals surface area contributed by atoms with Crippen LogP contribution in [0.3, 0.4) is 0 Å². The van der Waals surface area contributed by atoms with Gasteiger partial charge in [0, 0.05) is 6.42 Å². The molecule has 0 amide bonds. The minimum absolute atomic E-state index is 0.155. The number of esters is 1. The van der Waals surface area contributed by atoms with Crippen LogP contribution in [0.15, 0.2) is 0 Å². The summed E-state index contributed by atoms with van der Waals surface area (Å²) in [7, 11) is 0. The van der Waals surface area contributed by atoms with Crippen LogP contribution in [0.5, 0.6) is 0 Å². The highest BCUT2D eigenvalue weighted by Crippen LogP contribution is 2.07. The zero-order valence-electron chi connectivity index (χ0n) is 10.3. The highest BCUT2D eigenvalue weighted by Gasteiger charge is 2.20. The quantitative estimate of drug-likeness (QED) is 0.371. The molecule has 16 heavy (non-hydrogen) atoms. The number of nitrogens with two attached hydrogens (primary N) is 1. The van der Waals surface area contributed by atoms with Gasteiger partial charge < -0.3 is 15.3 Å². The van der Waals surface area contributed by atoms with Crippen molar-refractivity contribution in [3.05, 3.63) is 0 Å². The van der Waals surface area contributed by atoms with Gasteiger partial charge in [-0.05, 0) is 25.2 Å². The van der Waals surface area contributed by atoms with Gasteiger partial charge in [0.1, 0.15) is 12.3 Å². The van der Waals surface area contributed by atoms with Crippen LogP contribution in [-0.4, -0.2) is 24.9 Å². The van der Waals surface area contributed by atoms with Crippen molar-refractivity contribution in [2.24, 2.45) is 11.7 Å². The zero-order valence-corrected chi connectivity index (χ0v) is 10.3. The molecular weight excluding hydrogens is 206 g/mol. The average Bonchev–Trinajstić information content (AvgIpc) is 2.31. The smallest absolute Gasteiger partial charge is 0.323 e. The third kappa shape index (κ3) is 6.56. The van der Waals surface area contributed by atoms with Crippen LogP contribution in [0, 0.1) is 5.92 Å². The number of rotatable bonds is 9. The van der Waals surface area contributed by atoms with Crippen molar-refractivity contribution in [2.45, 2.75) is 52.0 Å². The predicted molar refractivity (Wildman–Crippen MR) is 62.9 cm³/mol. The van der Waals surface area contributed by atoms with E-state index in [0.29, 0.717) is 13.0 Å². The summed E-state index contributed by atoms with van der Waals surface area (Å²) in [6, 6.07) is -0.514. The standard InChI is InChI=1S/C12H23NO3/c1-3-10(2)11(13)12(15)16-9-7-5-4-6-8-14/h8,10-11H,3-7,9,13H2,1-2H3/t10-,11-/m0/s1. The predicted octanol–water partition coefficient (Wildman–Crippen LogP) is 1.66. The van der Waals surface area contributed by atoms with Crippen molar-refractivity contribution in [2.75, 3.05) is 6.61 Å². The number of hydrogen-bond acceptors (Lipinski definition) is 4. The first-order valence-electron chi connectivity index (χ1n) is 5.99. The molecule has 2 N–H and O–H groups in total. The summed E-state index contributed by atoms with van der Waals surface area (Å²) >= 11 is 0. The molecule has 0 saturated carbocycles. The molecule has 4 heteroatoms. The highest BCUT2D eigenvalue weighted by atomic mass is 16.5. The van der Waals surface area contributed by atoms with Gasteiger partial charge in [-0.1, -0.05) is 20.3 Å². The van der Waals surface area contributed by atoms with E-state index >= 15 is 0 Å². The van der Waals surface area contributed by atoms with Crippen LogP contribution in [0.1, 0.15) is 46.0 Å². The van der Waals surface area contributed by atoms with Crippen molar-refractivity contribution in [3.8, 4) is 0 Å². The maximum Gasteiger partial charge on any atom is 0.323 e. The molecule has 2 atom stereocenters. The number of carbonyl (C=O) groups excluding carboxylic acids is 2. The van der Waals surface area contributed by atoms with E-state index in [1.165, 1.54) is 0 Å². The minimum Gasteiger partial charge on any atom is -0.465 e. The Kier molecular flexibility index (Phi) is 8.81. The van der Waals surface area contributed by atoms with Crippen LogP contribution in [0.25, 0.3) is 0 Å². The lowest BCUT2D eigenvalue weighted by Gasteiger charge is -2.16. The number of ether oxygens (including phenoxy) is 1. The van der Waals surface area contributed by atoms with Crippen molar-refractivity contribution in [1.82, 2.24) is 0 Å². The zero-order chi connectivity index (χ0) is 12.4. The molecule has 0 aromatic rings. The highest BCUT2D eigenvalue weighted by molar-refractivity contribution is 5.75. The van der Waals surface area contributed by atoms with E-state index in [-0.39, 0.29) is 11.9 Å². The Bertz CT molecular complexity index is 206. The summed E-state index contributed by atoms with van der Waals surface area (Å²) in [5.74, 6) is -0.160. The van der Waals surface area contributed by atoms with Crippen LogP contribution >= 0.6 is 0 Å². The van der Waals surface area contributed by atoms with Crippen molar-refractivity contribution < 1.29 is 14.3 Å². The SMILES string of the molecule is CC[C@H](C)[C@H](N)C(=O)OCCCCCC=O. The van der Waals surface area contributed by atoms with Gasteiger partial charge in [-0.15, -0.1) is 0 Å². The molecule has 0 aromatic carbocycles. The van der Waals surface area contributed by atoms with Crippen LogP contribution in [0.2, 0.25) is 0 Å². The Balaban J connectivity index is 3.53. The Labute approximate surface area is 97.5 Å². The Hall–Kier alpha value is -0.900. The molecule has 0 heterocycles. The monoisotopic (exact) mass is 229 g/mol. The van der Waals surface area contributed by atoms with Crippen molar-refractivity contribution >= 4 is 12.3 Å². The van der Waals surface area contributed by atoms with Gasteiger partial charge in [0.05, 0.1) is 6.61 Å². The summed E-state index contributed by atoms with van der Waals surface area (Å²) < 4.78 is 5.05. The number of carbonyl (C=O) groups is 2. The summed E-state index contributed by atoms with van der Waals surface area (Å²) in [6.07, 6.45) is 4.93. The van der Waals surface area contributed by atoms with Gasteiger partial charge in [0.2, 0.25) is 0 Å². The number of aldehydes is 1. The van der Waals surface area contributed by atoms with Gasteiger partial charge in [0.25, 0.3) is 0 Å². The fraction of sp³-hybridized carbons (Fsp3) is 0.833. The van der Waals surface area contributed by atoms with E-state index in [9.17, 15) is 9.59 Å². The van der Waals surface area contributed by atoms with Crippen LogP contribution in [0.4, 0.5) is 0 Å². The van der Waals surface area contributed by atoms with Gasteiger partial charge in [0.15, 0.2) is 0 Å². The molecular formula is C12H23NO3. The van der Waals surface area contributed by atoms with Gasteiger partial charge in [-0.2, -0.15) is 0 Å². The largest absolute Gasteiger partial charge is 0.465 e. The van der Waals surface area contributed by atoms with Gasteiger partial charge in [-0.25, -0.2) is 0 Å². The van der Waals surface area contributed by atoms with E-state index < -0.39 is 6.04 Å². The number of hydrogen-bond donors (Lipinski definition) is 1. The summed E-state index contributed by atoms with van der Waals surface area (Å²) in [4.78, 5) is 21.5. The average molecular weight is 229 g/mol. The van der Waals surface area contributed by atoms with Gasteiger partial charge >= 0.3 is 5.97 Å². The molecule has 0 spiro atoms. The summed E-state index contributed by atoms with van der Waals surface area (Å²) in [6.45, 7) is 4.34. The van der Waals surface area contributed by atoms with Crippen molar-refractivity contribution in [3.63, 3.8) is 0 Å². The maximum atomic E-state index is 11.4. The van der Waals surface area contributed by atoms with E-state index in [1.807, 2.05) is 13.8 Å². The minimum atomic E-state index is -0.514. The lowest BCUT2D eigenvalue weighted by atomic mass is 10.0. The van der Waals surface area contributed by atoms with E-state index in [1.54, 1.807) is 0 Å². The first-order chi connectivity index (χ1) is 7.63. The normalized spacial score (nSPS) is 14.2. The molecule has 0 aliphatic heterocycles. The van der Waals surface area contributed by atoms with E-state index in [4.69, 9.17) is 10.5 Å². The van der Waals surface area contributed by atoms with Crippen LogP contribution < -0.4 is 5.73 Å². The Morgan fingerprint density at radius 1 is 1.38 bits per heavy atom. The second kappa shape index (κ2) is 9.33. The third-order valence-corrected chi connectivity index (χ3v) is 2.74. The molecule has 0 bridgehead atoms. The lowest BCUT2D eigenvalue weighted by Crippen LogP contribution is -2.38. The molecule has 0 aromatic heterocycles. The molecule has 0 fully saturated rings. The Morgan fingerprint density at radius 2 is 2.06 bits per heavy atom. The molecule has 0 aliphatic rings. The second-order valence-electron chi connectivity index (χ2n) is 4.09. The third-order valence-electron chi connectivity index (χ3n) is 2.74.